The van der Waals surface area contributed by atoms with Crippen molar-refractivity contribution in [2.24, 2.45) is 7.05 Å². The van der Waals surface area contributed by atoms with Crippen molar-refractivity contribution in [3.63, 3.8) is 0 Å². The Hall–Kier alpha value is -3.39. The van der Waals surface area contributed by atoms with Crippen molar-refractivity contribution in [2.75, 3.05) is 13.2 Å². The fourth-order valence-corrected chi connectivity index (χ4v) is 4.10. The molecule has 1 N–H and O–H groups in total. The minimum atomic E-state index is -0.674. The molecule has 0 fully saturated rings. The first-order valence-electron chi connectivity index (χ1n) is 12.6. The third-order valence-electron chi connectivity index (χ3n) is 5.89. The normalized spacial score (nSPS) is 12.7. The number of rotatable bonds is 11. The van der Waals surface area contributed by atoms with Gasteiger partial charge in [0.15, 0.2) is 0 Å². The van der Waals surface area contributed by atoms with Gasteiger partial charge in [-0.25, -0.2) is 4.68 Å². The van der Waals surface area contributed by atoms with Crippen LogP contribution >= 0.6 is 0 Å². The zero-order valence-corrected chi connectivity index (χ0v) is 22.3. The van der Waals surface area contributed by atoms with E-state index in [9.17, 15) is 5.11 Å². The molecular formula is C30H37N3O4. The van der Waals surface area contributed by atoms with Gasteiger partial charge in [0.1, 0.15) is 17.2 Å². The zero-order chi connectivity index (χ0) is 26.4. The minimum absolute atomic E-state index is 0.240. The SMILES string of the molecule is Cc1ccc(Oc2c(CN(Cc3ccco3)C[C@@H](O)COC(C)(C)C)c(-c3ccccc3)nn2C)cc1. The average molecular weight is 504 g/mol. The molecule has 0 aliphatic carbocycles. The molecule has 37 heavy (non-hydrogen) atoms. The molecule has 0 saturated carbocycles. The molecule has 4 rings (SSSR count). The molecule has 2 heterocycles. The van der Waals surface area contributed by atoms with Crippen molar-refractivity contribution < 1.29 is 19.0 Å². The van der Waals surface area contributed by atoms with Gasteiger partial charge in [-0.2, -0.15) is 5.10 Å². The van der Waals surface area contributed by atoms with Crippen LogP contribution < -0.4 is 4.74 Å². The summed E-state index contributed by atoms with van der Waals surface area (Å²) in [5.41, 5.74) is 3.62. The third kappa shape index (κ3) is 7.55. The van der Waals surface area contributed by atoms with Crippen LogP contribution in [0.4, 0.5) is 0 Å². The maximum Gasteiger partial charge on any atom is 0.222 e. The van der Waals surface area contributed by atoms with E-state index in [1.54, 1.807) is 10.9 Å². The highest BCUT2D eigenvalue weighted by Crippen LogP contribution is 2.34. The van der Waals surface area contributed by atoms with E-state index in [2.05, 4.69) is 4.90 Å². The van der Waals surface area contributed by atoms with Gasteiger partial charge >= 0.3 is 0 Å². The number of aromatic nitrogens is 2. The smallest absolute Gasteiger partial charge is 0.222 e. The molecule has 0 radical (unpaired) electrons. The number of hydrogen-bond donors (Lipinski definition) is 1. The standard InChI is InChI=1S/C30H37N3O4/c1-22-13-15-25(16-14-22)37-29-27(28(31-32(29)5)23-10-7-6-8-11-23)20-33(19-26-12-9-17-35-26)18-24(34)21-36-30(2,3)4/h6-17,24,34H,18-21H2,1-5H3/t24-/m1/s1. The van der Waals surface area contributed by atoms with Gasteiger partial charge in [-0.15, -0.1) is 0 Å². The van der Waals surface area contributed by atoms with Crippen LogP contribution in [-0.2, 0) is 24.9 Å². The van der Waals surface area contributed by atoms with Crippen LogP contribution in [0.3, 0.4) is 0 Å². The molecule has 2 aromatic carbocycles. The predicted molar refractivity (Wildman–Crippen MR) is 144 cm³/mol. The first-order valence-corrected chi connectivity index (χ1v) is 12.6. The summed E-state index contributed by atoms with van der Waals surface area (Å²) >= 11 is 0. The van der Waals surface area contributed by atoms with Gasteiger partial charge in [0.2, 0.25) is 5.88 Å². The summed E-state index contributed by atoms with van der Waals surface area (Å²) < 4.78 is 19.7. The molecule has 0 saturated heterocycles. The number of ether oxygens (including phenoxy) is 2. The van der Waals surface area contributed by atoms with Gasteiger partial charge in [0.25, 0.3) is 0 Å². The highest BCUT2D eigenvalue weighted by atomic mass is 16.5. The van der Waals surface area contributed by atoms with Crippen LogP contribution in [-0.4, -0.2) is 44.6 Å². The maximum absolute atomic E-state index is 10.9. The molecule has 0 amide bonds. The van der Waals surface area contributed by atoms with Crippen LogP contribution in [0.1, 0.15) is 37.7 Å². The van der Waals surface area contributed by atoms with E-state index in [0.29, 0.717) is 25.5 Å². The third-order valence-corrected chi connectivity index (χ3v) is 5.89. The van der Waals surface area contributed by atoms with E-state index in [4.69, 9.17) is 19.0 Å². The first kappa shape index (κ1) is 26.7. The van der Waals surface area contributed by atoms with Crippen molar-refractivity contribution in [2.45, 2.75) is 52.5 Å². The van der Waals surface area contributed by atoms with Gasteiger partial charge in [0, 0.05) is 25.7 Å². The van der Waals surface area contributed by atoms with Crippen LogP contribution in [0.2, 0.25) is 0 Å². The molecule has 0 bridgehead atoms. The second-order valence-electron chi connectivity index (χ2n) is 10.4. The number of aliphatic hydroxyl groups excluding tert-OH is 1. The average Bonchev–Trinajstić information content (AvgIpc) is 3.48. The van der Waals surface area contributed by atoms with Crippen molar-refractivity contribution >= 4 is 0 Å². The van der Waals surface area contributed by atoms with Gasteiger partial charge < -0.3 is 19.0 Å². The molecule has 0 aliphatic heterocycles. The summed E-state index contributed by atoms with van der Waals surface area (Å²) in [7, 11) is 1.89. The minimum Gasteiger partial charge on any atom is -0.468 e. The van der Waals surface area contributed by atoms with Crippen molar-refractivity contribution in [1.29, 1.82) is 0 Å². The van der Waals surface area contributed by atoms with Crippen LogP contribution in [0.5, 0.6) is 11.6 Å². The Morgan fingerprint density at radius 1 is 1.00 bits per heavy atom. The maximum atomic E-state index is 10.9. The molecular weight excluding hydrogens is 466 g/mol. The van der Waals surface area contributed by atoms with Crippen molar-refractivity contribution in [3.8, 4) is 22.9 Å². The monoisotopic (exact) mass is 503 g/mol. The van der Waals surface area contributed by atoms with Crippen molar-refractivity contribution in [3.05, 3.63) is 89.9 Å². The van der Waals surface area contributed by atoms with Crippen LogP contribution in [0, 0.1) is 6.92 Å². The lowest BCUT2D eigenvalue weighted by molar-refractivity contribution is -0.0576. The Balaban J connectivity index is 1.67. The Kier molecular flexibility index (Phi) is 8.48. The molecule has 0 spiro atoms. The number of aryl methyl sites for hydroxylation is 2. The lowest BCUT2D eigenvalue weighted by atomic mass is 10.1. The first-order chi connectivity index (χ1) is 17.7. The van der Waals surface area contributed by atoms with E-state index in [1.807, 2.05) is 101 Å². The summed E-state index contributed by atoms with van der Waals surface area (Å²) in [5, 5.41) is 15.7. The van der Waals surface area contributed by atoms with Crippen LogP contribution in [0.15, 0.2) is 77.4 Å². The van der Waals surface area contributed by atoms with Crippen LogP contribution in [0.25, 0.3) is 11.3 Å². The van der Waals surface area contributed by atoms with E-state index in [0.717, 1.165) is 28.3 Å². The summed E-state index contributed by atoms with van der Waals surface area (Å²) in [6, 6.07) is 21.9. The number of nitrogens with zero attached hydrogens (tertiary/aromatic N) is 3. The second-order valence-corrected chi connectivity index (χ2v) is 10.4. The lowest BCUT2D eigenvalue weighted by Crippen LogP contribution is -2.36. The second kappa shape index (κ2) is 11.8. The summed E-state index contributed by atoms with van der Waals surface area (Å²) in [6.45, 7) is 9.64. The Bertz CT molecular complexity index is 1240. The van der Waals surface area contributed by atoms with Crippen molar-refractivity contribution in [1.82, 2.24) is 14.7 Å². The fourth-order valence-electron chi connectivity index (χ4n) is 4.10. The Morgan fingerprint density at radius 3 is 2.38 bits per heavy atom. The molecule has 0 unspecified atom stereocenters. The topological polar surface area (TPSA) is 72.9 Å². The lowest BCUT2D eigenvalue weighted by Gasteiger charge is -2.27. The van der Waals surface area contributed by atoms with Gasteiger partial charge in [-0.3, -0.25) is 4.90 Å². The fraction of sp³-hybridized carbons (Fsp3) is 0.367. The van der Waals surface area contributed by atoms with Gasteiger partial charge in [0.05, 0.1) is 36.7 Å². The predicted octanol–water partition coefficient (Wildman–Crippen LogP) is 5.96. The quantitative estimate of drug-likeness (QED) is 0.272. The van der Waals surface area contributed by atoms with E-state index in [-0.39, 0.29) is 12.2 Å². The van der Waals surface area contributed by atoms with E-state index >= 15 is 0 Å². The van der Waals surface area contributed by atoms with E-state index < -0.39 is 6.10 Å². The highest BCUT2D eigenvalue weighted by molar-refractivity contribution is 5.65. The molecule has 7 heteroatoms. The number of furan rings is 1. The molecule has 196 valence electrons. The largest absolute Gasteiger partial charge is 0.468 e. The van der Waals surface area contributed by atoms with Gasteiger partial charge in [-0.1, -0.05) is 48.0 Å². The number of hydrogen-bond acceptors (Lipinski definition) is 6. The summed E-state index contributed by atoms with van der Waals surface area (Å²) in [4.78, 5) is 2.14. The highest BCUT2D eigenvalue weighted by Gasteiger charge is 2.24. The Morgan fingerprint density at radius 2 is 1.73 bits per heavy atom. The molecule has 2 aromatic heterocycles. The Labute approximate surface area is 219 Å². The van der Waals surface area contributed by atoms with E-state index in [1.165, 1.54) is 5.56 Å². The number of aliphatic hydroxyl groups is 1. The molecule has 0 aliphatic rings. The zero-order valence-electron chi connectivity index (χ0n) is 22.3. The van der Waals surface area contributed by atoms with Gasteiger partial charge in [-0.05, 0) is 52.0 Å². The molecule has 4 aromatic rings. The number of benzene rings is 2. The summed E-state index contributed by atoms with van der Waals surface area (Å²) in [5.74, 6) is 2.22. The molecule has 1 atom stereocenters. The molecule has 7 nitrogen and oxygen atoms in total. The summed E-state index contributed by atoms with van der Waals surface area (Å²) in [6.07, 6.45) is 0.991.